The Balaban J connectivity index is 0.00000264. The van der Waals surface area contributed by atoms with E-state index in [9.17, 15) is 23.9 Å². The number of carboxylic acids is 2. The zero-order valence-electron chi connectivity index (χ0n) is 12.4. The van der Waals surface area contributed by atoms with E-state index in [4.69, 9.17) is 10.8 Å². The monoisotopic (exact) mass is 370 g/mol. The first kappa shape index (κ1) is 20.0. The molecule has 2 aliphatic carbocycles. The third kappa shape index (κ3) is 3.27. The fourth-order valence-corrected chi connectivity index (χ4v) is 3.91. The number of nitrogens with two attached hydrogens (primary N) is 1. The number of amides is 1. The summed E-state index contributed by atoms with van der Waals surface area (Å²) in [5, 5.41) is 20.7. The first-order valence-corrected chi connectivity index (χ1v) is 8.33. The van der Waals surface area contributed by atoms with Crippen LogP contribution in [0, 0.1) is 17.8 Å². The fourth-order valence-electron chi connectivity index (χ4n) is 3.42. The lowest BCUT2D eigenvalue weighted by Crippen LogP contribution is -2.63. The summed E-state index contributed by atoms with van der Waals surface area (Å²) in [6.07, 6.45) is 0.182. The molecule has 0 aliphatic heterocycles. The van der Waals surface area contributed by atoms with Gasteiger partial charge < -0.3 is 21.3 Å². The maximum atomic E-state index is 14.3. The molecule has 6 atom stereocenters. The normalized spacial score (nSPS) is 35.6. The summed E-state index contributed by atoms with van der Waals surface area (Å²) < 4.78 is 14.3. The van der Waals surface area contributed by atoms with Crippen LogP contribution in [0.1, 0.15) is 12.8 Å². The first-order valence-electron chi connectivity index (χ1n) is 6.94. The Morgan fingerprint density at radius 3 is 2.52 bits per heavy atom. The van der Waals surface area contributed by atoms with Crippen molar-refractivity contribution in [3.63, 3.8) is 0 Å². The van der Waals surface area contributed by atoms with Crippen LogP contribution in [0.3, 0.4) is 0 Å². The average Bonchev–Trinajstić information content (AvgIpc) is 3.08. The highest BCUT2D eigenvalue weighted by atomic mass is 35.5. The lowest BCUT2D eigenvalue weighted by Gasteiger charge is -2.32. The number of fused-ring (bicyclic) bond motifs is 1. The molecule has 1 amide bonds. The molecule has 0 aromatic heterocycles. The van der Waals surface area contributed by atoms with E-state index in [2.05, 4.69) is 5.32 Å². The molecule has 10 heteroatoms. The number of hydrogen-bond acceptors (Lipinski definition) is 5. The van der Waals surface area contributed by atoms with Crippen molar-refractivity contribution in [2.75, 3.05) is 12.0 Å². The molecule has 0 heterocycles. The van der Waals surface area contributed by atoms with Crippen molar-refractivity contribution < 1.29 is 29.0 Å². The molecular weight excluding hydrogens is 351 g/mol. The van der Waals surface area contributed by atoms with Gasteiger partial charge in [-0.25, -0.2) is 9.18 Å². The van der Waals surface area contributed by atoms with Crippen LogP contribution in [-0.2, 0) is 14.4 Å². The summed E-state index contributed by atoms with van der Waals surface area (Å²) in [5.41, 5.74) is 3.50. The van der Waals surface area contributed by atoms with Gasteiger partial charge in [-0.1, -0.05) is 0 Å². The number of hydrogen-bond donors (Lipinski definition) is 4. The van der Waals surface area contributed by atoms with E-state index in [-0.39, 0.29) is 18.8 Å². The first-order chi connectivity index (χ1) is 10.3. The van der Waals surface area contributed by atoms with Crippen LogP contribution < -0.4 is 11.1 Å². The number of carbonyl (C=O) groups is 3. The predicted molar refractivity (Wildman–Crippen MR) is 84.4 cm³/mol. The number of thioether (sulfide) groups is 1. The van der Waals surface area contributed by atoms with Crippen molar-refractivity contribution >= 4 is 42.0 Å². The van der Waals surface area contributed by atoms with E-state index in [1.165, 1.54) is 11.8 Å². The number of carbonyl (C=O) groups excluding carboxylic acids is 1. The largest absolute Gasteiger partial charge is 0.481 e. The van der Waals surface area contributed by atoms with Crippen molar-refractivity contribution in [2.24, 2.45) is 23.5 Å². The molecule has 0 saturated heterocycles. The van der Waals surface area contributed by atoms with Crippen LogP contribution in [0.5, 0.6) is 0 Å². The molecule has 0 aromatic rings. The van der Waals surface area contributed by atoms with Gasteiger partial charge in [0.1, 0.15) is 6.17 Å². The van der Waals surface area contributed by atoms with Crippen molar-refractivity contribution in [3.05, 3.63) is 0 Å². The number of carboxylic acid groups (broad SMARTS) is 2. The maximum absolute atomic E-state index is 14.3. The predicted octanol–water partition coefficient (Wildman–Crippen LogP) is 0.117. The summed E-state index contributed by atoms with van der Waals surface area (Å²) in [6, 6.07) is -0.947. The third-order valence-corrected chi connectivity index (χ3v) is 5.25. The molecule has 0 unspecified atom stereocenters. The summed E-state index contributed by atoms with van der Waals surface area (Å²) >= 11 is 1.48. The summed E-state index contributed by atoms with van der Waals surface area (Å²) in [6.45, 7) is 0. The molecule has 2 saturated carbocycles. The van der Waals surface area contributed by atoms with Crippen LogP contribution in [0.15, 0.2) is 0 Å². The van der Waals surface area contributed by atoms with E-state index in [0.717, 1.165) is 0 Å². The molecule has 2 fully saturated rings. The van der Waals surface area contributed by atoms with Gasteiger partial charge >= 0.3 is 11.9 Å². The minimum absolute atomic E-state index is 0. The van der Waals surface area contributed by atoms with Crippen LogP contribution in [0.25, 0.3) is 0 Å². The number of rotatable bonds is 7. The molecule has 7 nitrogen and oxygen atoms in total. The SMILES string of the molecule is CSCC[C@@H](N)C(=O)N[C@]1(C(=O)O)[C@H]2[C@@H](C[C@@H]1F)[C@@H]2C(=O)O.Cl. The second kappa shape index (κ2) is 7.23. The van der Waals surface area contributed by atoms with Gasteiger partial charge in [0.05, 0.1) is 12.0 Å². The number of aliphatic carboxylic acids is 2. The van der Waals surface area contributed by atoms with Gasteiger partial charge in [0, 0.05) is 5.92 Å². The lowest BCUT2D eigenvalue weighted by molar-refractivity contribution is -0.153. The smallest absolute Gasteiger partial charge is 0.332 e. The zero-order valence-corrected chi connectivity index (χ0v) is 14.0. The standard InChI is InChI=1S/C13H19FN2O5S.ClH/c1-22-3-2-6(15)10(17)16-13(12(20)21)7(14)4-5-8(9(5)13)11(18)19;/h5-9H,2-4,15H2,1H3,(H,16,17)(H,18,19)(H,20,21);1H/t5-,6+,7-,8-,9-,13-;/m0./s1. The Labute approximate surface area is 143 Å². The topological polar surface area (TPSA) is 130 Å². The van der Waals surface area contributed by atoms with Crippen LogP contribution in [-0.4, -0.2) is 57.8 Å². The molecule has 0 aromatic carbocycles. The Morgan fingerprint density at radius 2 is 2.04 bits per heavy atom. The van der Waals surface area contributed by atoms with Gasteiger partial charge in [-0.05, 0) is 30.8 Å². The molecule has 5 N–H and O–H groups in total. The zero-order chi connectivity index (χ0) is 16.7. The highest BCUT2D eigenvalue weighted by molar-refractivity contribution is 7.98. The van der Waals surface area contributed by atoms with Crippen molar-refractivity contribution in [1.29, 1.82) is 0 Å². The van der Waals surface area contributed by atoms with E-state index in [0.29, 0.717) is 12.2 Å². The van der Waals surface area contributed by atoms with Gasteiger partial charge in [0.15, 0.2) is 5.54 Å². The van der Waals surface area contributed by atoms with E-state index in [1.54, 1.807) is 0 Å². The number of alkyl halides is 1. The van der Waals surface area contributed by atoms with Crippen LogP contribution >= 0.6 is 24.2 Å². The molecular formula is C13H20ClFN2O5S. The minimum Gasteiger partial charge on any atom is -0.481 e. The Morgan fingerprint density at radius 1 is 1.43 bits per heavy atom. The maximum Gasteiger partial charge on any atom is 0.332 e. The van der Waals surface area contributed by atoms with Gasteiger partial charge in [0.25, 0.3) is 0 Å². The van der Waals surface area contributed by atoms with Crippen LogP contribution in [0.2, 0.25) is 0 Å². The van der Waals surface area contributed by atoms with E-state index in [1.807, 2.05) is 6.26 Å². The van der Waals surface area contributed by atoms with Gasteiger partial charge in [0.2, 0.25) is 5.91 Å². The van der Waals surface area contributed by atoms with Crippen molar-refractivity contribution in [2.45, 2.75) is 30.6 Å². The second-order valence-corrected chi connectivity index (χ2v) is 6.79. The minimum atomic E-state index is -2.18. The van der Waals surface area contributed by atoms with Crippen LogP contribution in [0.4, 0.5) is 4.39 Å². The molecule has 0 bridgehead atoms. The Hall–Kier alpha value is -1.06. The van der Waals surface area contributed by atoms with Gasteiger partial charge in [-0.3, -0.25) is 9.59 Å². The molecule has 2 rings (SSSR count). The highest BCUT2D eigenvalue weighted by Crippen LogP contribution is 2.63. The Bertz CT molecular complexity index is 511. The van der Waals surface area contributed by atoms with Crippen molar-refractivity contribution in [1.82, 2.24) is 5.32 Å². The van der Waals surface area contributed by atoms with Gasteiger partial charge in [-0.15, -0.1) is 12.4 Å². The summed E-state index contributed by atoms with van der Waals surface area (Å²) in [7, 11) is 0. The van der Waals surface area contributed by atoms with E-state index >= 15 is 0 Å². The number of nitrogens with one attached hydrogen (secondary N) is 1. The fraction of sp³-hybridized carbons (Fsp3) is 0.769. The highest BCUT2D eigenvalue weighted by Gasteiger charge is 2.76. The number of halogens is 2. The molecule has 23 heavy (non-hydrogen) atoms. The van der Waals surface area contributed by atoms with Crippen molar-refractivity contribution in [3.8, 4) is 0 Å². The molecule has 2 aliphatic rings. The lowest BCUT2D eigenvalue weighted by atomic mass is 9.88. The van der Waals surface area contributed by atoms with Gasteiger partial charge in [-0.2, -0.15) is 11.8 Å². The molecule has 0 radical (unpaired) electrons. The summed E-state index contributed by atoms with van der Waals surface area (Å²) in [4.78, 5) is 34.8. The Kier molecular flexibility index (Phi) is 6.28. The second-order valence-electron chi connectivity index (χ2n) is 5.81. The third-order valence-electron chi connectivity index (χ3n) is 4.61. The quantitative estimate of drug-likeness (QED) is 0.500. The summed E-state index contributed by atoms with van der Waals surface area (Å²) in [5.74, 6) is -5.24. The molecule has 0 spiro atoms. The average molecular weight is 371 g/mol. The molecule has 132 valence electrons. The van der Waals surface area contributed by atoms with E-state index < -0.39 is 53.4 Å².